The zero-order chi connectivity index (χ0) is 19.3. The van der Waals surface area contributed by atoms with E-state index in [1.165, 1.54) is 5.56 Å². The molecule has 142 valence electrons. The van der Waals surface area contributed by atoms with Crippen LogP contribution in [-0.4, -0.2) is 40.5 Å². The highest BCUT2D eigenvalue weighted by Crippen LogP contribution is 2.25. The molecular weight excluding hydrogens is 352 g/mol. The molecule has 3 aromatic rings. The van der Waals surface area contributed by atoms with Crippen LogP contribution in [0.25, 0.3) is 11.3 Å². The monoisotopic (exact) mass is 374 g/mol. The lowest BCUT2D eigenvalue weighted by molar-refractivity contribution is -0.0349. The largest absolute Gasteiger partial charge is 0.369 e. The minimum absolute atomic E-state index is 0.0738. The average molecular weight is 374 g/mol. The van der Waals surface area contributed by atoms with Crippen molar-refractivity contribution in [2.75, 3.05) is 19.7 Å². The minimum Gasteiger partial charge on any atom is -0.369 e. The van der Waals surface area contributed by atoms with Crippen molar-refractivity contribution in [3.05, 3.63) is 83.8 Å². The van der Waals surface area contributed by atoms with Crippen molar-refractivity contribution in [2.45, 2.75) is 12.6 Å². The van der Waals surface area contributed by atoms with Gasteiger partial charge in [0.15, 0.2) is 0 Å². The highest BCUT2D eigenvalue weighted by Gasteiger charge is 2.23. The number of pyridine rings is 2. The fourth-order valence-electron chi connectivity index (χ4n) is 3.37. The van der Waals surface area contributed by atoms with E-state index in [2.05, 4.69) is 16.0 Å². The summed E-state index contributed by atoms with van der Waals surface area (Å²) >= 11 is 0. The Bertz CT molecular complexity index is 944. The van der Waals surface area contributed by atoms with Crippen LogP contribution in [0.1, 0.15) is 27.7 Å². The summed E-state index contributed by atoms with van der Waals surface area (Å²) in [5.74, 6) is -0.433. The van der Waals surface area contributed by atoms with Crippen LogP contribution in [0.4, 0.5) is 0 Å². The molecule has 0 spiro atoms. The summed E-state index contributed by atoms with van der Waals surface area (Å²) in [6.45, 7) is 3.19. The van der Waals surface area contributed by atoms with Gasteiger partial charge in [-0.25, -0.2) is 0 Å². The predicted octanol–water partition coefficient (Wildman–Crippen LogP) is 2.82. The summed E-state index contributed by atoms with van der Waals surface area (Å²) < 4.78 is 5.99. The second-order valence-electron chi connectivity index (χ2n) is 6.85. The highest BCUT2D eigenvalue weighted by atomic mass is 16.5. The van der Waals surface area contributed by atoms with Crippen molar-refractivity contribution in [3.63, 3.8) is 0 Å². The molecule has 1 saturated heterocycles. The number of nitrogens with zero attached hydrogens (tertiary/aromatic N) is 3. The molecule has 0 radical (unpaired) electrons. The maximum Gasteiger partial charge on any atom is 0.248 e. The molecule has 0 aliphatic carbocycles. The first-order chi connectivity index (χ1) is 13.7. The number of carbonyl (C=O) groups is 1. The van der Waals surface area contributed by atoms with Crippen LogP contribution in [0.15, 0.2) is 67.0 Å². The van der Waals surface area contributed by atoms with Gasteiger partial charge in [0.25, 0.3) is 0 Å². The molecule has 1 fully saturated rings. The van der Waals surface area contributed by atoms with Crippen molar-refractivity contribution < 1.29 is 9.53 Å². The van der Waals surface area contributed by atoms with Crippen LogP contribution < -0.4 is 5.73 Å². The number of nitrogens with two attached hydrogens (primary N) is 1. The van der Waals surface area contributed by atoms with Crippen LogP contribution in [-0.2, 0) is 11.3 Å². The van der Waals surface area contributed by atoms with Gasteiger partial charge in [-0.1, -0.05) is 24.3 Å². The Morgan fingerprint density at radius 3 is 2.75 bits per heavy atom. The maximum absolute atomic E-state index is 11.3. The van der Waals surface area contributed by atoms with E-state index in [-0.39, 0.29) is 6.10 Å². The van der Waals surface area contributed by atoms with Crippen molar-refractivity contribution in [2.24, 2.45) is 5.73 Å². The molecule has 0 saturated carbocycles. The molecule has 28 heavy (non-hydrogen) atoms. The van der Waals surface area contributed by atoms with E-state index >= 15 is 0 Å². The van der Waals surface area contributed by atoms with Gasteiger partial charge >= 0.3 is 0 Å². The fraction of sp³-hybridized carbons (Fsp3) is 0.227. The Balaban J connectivity index is 1.49. The molecule has 3 heterocycles. The first kappa shape index (κ1) is 18.3. The lowest BCUT2D eigenvalue weighted by Crippen LogP contribution is -2.38. The van der Waals surface area contributed by atoms with Crippen LogP contribution in [0, 0.1) is 0 Å². The van der Waals surface area contributed by atoms with Gasteiger partial charge in [0.2, 0.25) is 5.91 Å². The number of rotatable bonds is 5. The van der Waals surface area contributed by atoms with Gasteiger partial charge in [-0.3, -0.25) is 19.7 Å². The first-order valence-corrected chi connectivity index (χ1v) is 9.29. The summed E-state index contributed by atoms with van der Waals surface area (Å²) in [6.07, 6.45) is 3.62. The molecule has 0 bridgehead atoms. The quantitative estimate of drug-likeness (QED) is 0.743. The standard InChI is InChI=1S/C22H22N4O2/c23-22(27)18-8-6-17(7-9-18)19-4-1-5-20(25-19)21-15-26(11-12-28-21)14-16-3-2-10-24-13-16/h1-10,13,21H,11-12,14-15H2,(H2,23,27)/t21-/m1/s1. The summed E-state index contributed by atoms with van der Waals surface area (Å²) in [5, 5.41) is 0. The third-order valence-corrected chi connectivity index (χ3v) is 4.85. The maximum atomic E-state index is 11.3. The number of hydrogen-bond acceptors (Lipinski definition) is 5. The summed E-state index contributed by atoms with van der Waals surface area (Å²) in [4.78, 5) is 22.6. The van der Waals surface area contributed by atoms with Gasteiger partial charge < -0.3 is 10.5 Å². The smallest absolute Gasteiger partial charge is 0.248 e. The van der Waals surface area contributed by atoms with Gasteiger partial charge in [0.05, 0.1) is 18.0 Å². The zero-order valence-corrected chi connectivity index (χ0v) is 15.5. The molecule has 1 aliphatic heterocycles. The summed E-state index contributed by atoms with van der Waals surface area (Å²) in [5.41, 5.74) is 9.69. The molecular formula is C22H22N4O2. The molecule has 4 rings (SSSR count). The van der Waals surface area contributed by atoms with Gasteiger partial charge in [0.1, 0.15) is 6.10 Å². The molecule has 2 aromatic heterocycles. The number of morpholine rings is 1. The minimum atomic E-state index is -0.433. The van der Waals surface area contributed by atoms with Gasteiger partial charge in [-0.2, -0.15) is 0 Å². The Morgan fingerprint density at radius 1 is 1.14 bits per heavy atom. The zero-order valence-electron chi connectivity index (χ0n) is 15.5. The number of aromatic nitrogens is 2. The van der Waals surface area contributed by atoms with E-state index in [0.717, 1.165) is 36.6 Å². The summed E-state index contributed by atoms with van der Waals surface area (Å²) in [7, 11) is 0. The molecule has 1 atom stereocenters. The van der Waals surface area contributed by atoms with Crippen LogP contribution in [0.5, 0.6) is 0 Å². The molecule has 1 amide bonds. The number of ether oxygens (including phenoxy) is 1. The predicted molar refractivity (Wildman–Crippen MR) is 106 cm³/mol. The second kappa shape index (κ2) is 8.29. The molecule has 6 nitrogen and oxygen atoms in total. The van der Waals surface area contributed by atoms with Crippen molar-refractivity contribution >= 4 is 5.91 Å². The lowest BCUT2D eigenvalue weighted by atomic mass is 10.1. The van der Waals surface area contributed by atoms with Crippen molar-refractivity contribution in [1.29, 1.82) is 0 Å². The highest BCUT2D eigenvalue weighted by molar-refractivity contribution is 5.93. The third-order valence-electron chi connectivity index (χ3n) is 4.85. The fourth-order valence-corrected chi connectivity index (χ4v) is 3.37. The van der Waals surface area contributed by atoms with E-state index in [4.69, 9.17) is 15.5 Å². The topological polar surface area (TPSA) is 81.3 Å². The molecule has 2 N–H and O–H groups in total. The van der Waals surface area contributed by atoms with E-state index in [1.54, 1.807) is 18.3 Å². The van der Waals surface area contributed by atoms with Crippen molar-refractivity contribution in [1.82, 2.24) is 14.9 Å². The number of amides is 1. The SMILES string of the molecule is NC(=O)c1ccc(-c2cccc([C@H]3CN(Cc4cccnc4)CCO3)n2)cc1. The summed E-state index contributed by atoms with van der Waals surface area (Å²) in [6, 6.07) is 17.2. The van der Waals surface area contributed by atoms with E-state index in [9.17, 15) is 4.79 Å². The number of hydrogen-bond donors (Lipinski definition) is 1. The Kier molecular flexibility index (Phi) is 5.41. The lowest BCUT2D eigenvalue weighted by Gasteiger charge is -2.32. The Hall–Kier alpha value is -3.09. The van der Waals surface area contributed by atoms with E-state index < -0.39 is 5.91 Å². The molecule has 1 aromatic carbocycles. The second-order valence-corrected chi connectivity index (χ2v) is 6.85. The van der Waals surface area contributed by atoms with Gasteiger partial charge in [0, 0.05) is 43.2 Å². The van der Waals surface area contributed by atoms with Crippen LogP contribution in [0.2, 0.25) is 0 Å². The van der Waals surface area contributed by atoms with E-state index in [1.807, 2.05) is 42.6 Å². The van der Waals surface area contributed by atoms with Gasteiger partial charge in [-0.15, -0.1) is 0 Å². The number of primary amides is 1. The molecule has 1 aliphatic rings. The number of benzene rings is 1. The normalized spacial score (nSPS) is 17.4. The molecule has 0 unspecified atom stereocenters. The van der Waals surface area contributed by atoms with E-state index in [0.29, 0.717) is 12.2 Å². The average Bonchev–Trinajstić information content (AvgIpc) is 2.75. The van der Waals surface area contributed by atoms with Crippen LogP contribution >= 0.6 is 0 Å². The van der Waals surface area contributed by atoms with Crippen LogP contribution in [0.3, 0.4) is 0 Å². The Morgan fingerprint density at radius 2 is 2.00 bits per heavy atom. The first-order valence-electron chi connectivity index (χ1n) is 9.29. The van der Waals surface area contributed by atoms with Gasteiger partial charge in [-0.05, 0) is 35.9 Å². The molecule has 6 heteroatoms. The Labute approximate surface area is 164 Å². The van der Waals surface area contributed by atoms with Crippen molar-refractivity contribution in [3.8, 4) is 11.3 Å². The third kappa shape index (κ3) is 4.24. The number of carbonyl (C=O) groups excluding carboxylic acids is 1.